The average Bonchev–Trinajstić information content (AvgIpc) is 2.94. The van der Waals surface area contributed by atoms with Crippen LogP contribution in [0.4, 0.5) is 5.69 Å². The molecule has 1 saturated carbocycles. The Kier molecular flexibility index (Phi) is 4.24. The Morgan fingerprint density at radius 3 is 2.95 bits per heavy atom. The highest BCUT2D eigenvalue weighted by Gasteiger charge is 2.25. The van der Waals surface area contributed by atoms with Crippen LogP contribution in [0.3, 0.4) is 0 Å². The second-order valence-electron chi connectivity index (χ2n) is 5.66. The highest BCUT2D eigenvalue weighted by Crippen LogP contribution is 2.35. The molecule has 22 heavy (non-hydrogen) atoms. The zero-order chi connectivity index (χ0) is 15.5. The maximum absolute atomic E-state index is 12.2. The van der Waals surface area contributed by atoms with Crippen molar-refractivity contribution in [1.82, 2.24) is 4.98 Å². The average molecular weight is 300 g/mol. The van der Waals surface area contributed by atoms with E-state index in [0.717, 1.165) is 24.1 Å². The molecule has 1 unspecified atom stereocenters. The van der Waals surface area contributed by atoms with Crippen molar-refractivity contribution in [3.8, 4) is 0 Å². The first kappa shape index (κ1) is 14.8. The van der Waals surface area contributed by atoms with Gasteiger partial charge in [-0.25, -0.2) is 4.98 Å². The number of ether oxygens (including phenoxy) is 1. The summed E-state index contributed by atoms with van der Waals surface area (Å²) in [5, 5.41) is 2.85. The normalized spacial score (nSPS) is 16.1. The van der Waals surface area contributed by atoms with Crippen molar-refractivity contribution < 1.29 is 13.9 Å². The number of carbonyl (C=O) groups excluding carboxylic acids is 1. The van der Waals surface area contributed by atoms with E-state index in [0.29, 0.717) is 17.5 Å². The minimum atomic E-state index is -0.253. The number of hydrogen-bond donors (Lipinski definition) is 1. The smallest absolute Gasteiger partial charge is 0.277 e. The molecule has 1 aliphatic rings. The fourth-order valence-electron chi connectivity index (χ4n) is 2.44. The van der Waals surface area contributed by atoms with E-state index in [4.69, 9.17) is 9.15 Å². The van der Waals surface area contributed by atoms with Crippen LogP contribution in [0.5, 0.6) is 0 Å². The van der Waals surface area contributed by atoms with Crippen molar-refractivity contribution in [1.29, 1.82) is 0 Å². The number of hydrogen-bond acceptors (Lipinski definition) is 4. The summed E-state index contributed by atoms with van der Waals surface area (Å²) in [5.41, 5.74) is 2.06. The minimum Gasteiger partial charge on any atom is -0.448 e. The number of nitrogens with one attached hydrogen (secondary N) is 1. The molecule has 1 N–H and O–H groups in total. The SMILES string of the molecule is COC(C)c1cccc(NC(=O)c2coc(C3CCC3)n2)c1. The first-order valence-corrected chi connectivity index (χ1v) is 7.57. The Morgan fingerprint density at radius 1 is 1.45 bits per heavy atom. The molecular weight excluding hydrogens is 280 g/mol. The van der Waals surface area contributed by atoms with Gasteiger partial charge in [0.15, 0.2) is 11.6 Å². The van der Waals surface area contributed by atoms with Gasteiger partial charge < -0.3 is 14.5 Å². The van der Waals surface area contributed by atoms with Gasteiger partial charge in [-0.15, -0.1) is 0 Å². The zero-order valence-electron chi connectivity index (χ0n) is 12.8. The summed E-state index contributed by atoms with van der Waals surface area (Å²) >= 11 is 0. The number of amides is 1. The number of anilines is 1. The number of carbonyl (C=O) groups is 1. The lowest BCUT2D eigenvalue weighted by Crippen LogP contribution is -2.14. The van der Waals surface area contributed by atoms with E-state index in [-0.39, 0.29) is 12.0 Å². The zero-order valence-corrected chi connectivity index (χ0v) is 12.8. The number of nitrogens with zero attached hydrogens (tertiary/aromatic N) is 1. The monoisotopic (exact) mass is 300 g/mol. The van der Waals surface area contributed by atoms with Crippen molar-refractivity contribution >= 4 is 11.6 Å². The van der Waals surface area contributed by atoms with Gasteiger partial charge in [0.2, 0.25) is 0 Å². The van der Waals surface area contributed by atoms with Crippen molar-refractivity contribution in [2.24, 2.45) is 0 Å². The number of benzene rings is 1. The van der Waals surface area contributed by atoms with Crippen LogP contribution < -0.4 is 5.32 Å². The van der Waals surface area contributed by atoms with Gasteiger partial charge in [0.25, 0.3) is 5.91 Å². The Balaban J connectivity index is 1.69. The molecule has 1 aromatic heterocycles. The quantitative estimate of drug-likeness (QED) is 0.909. The van der Waals surface area contributed by atoms with Crippen LogP contribution in [-0.4, -0.2) is 18.0 Å². The first-order valence-electron chi connectivity index (χ1n) is 7.57. The third kappa shape index (κ3) is 3.04. The van der Waals surface area contributed by atoms with Gasteiger partial charge in [-0.1, -0.05) is 18.6 Å². The molecule has 5 nitrogen and oxygen atoms in total. The Labute approximate surface area is 129 Å². The maximum Gasteiger partial charge on any atom is 0.277 e. The van der Waals surface area contributed by atoms with Gasteiger partial charge in [-0.2, -0.15) is 0 Å². The molecule has 5 heteroatoms. The van der Waals surface area contributed by atoms with Crippen molar-refractivity contribution in [2.45, 2.75) is 38.2 Å². The summed E-state index contributed by atoms with van der Waals surface area (Å²) in [4.78, 5) is 16.5. The Bertz CT molecular complexity index is 661. The lowest BCUT2D eigenvalue weighted by atomic mass is 9.85. The molecule has 1 aliphatic carbocycles. The fourth-order valence-corrected chi connectivity index (χ4v) is 2.44. The molecule has 0 aliphatic heterocycles. The summed E-state index contributed by atoms with van der Waals surface area (Å²) in [6.45, 7) is 1.96. The van der Waals surface area contributed by atoms with Crippen LogP contribution in [0.25, 0.3) is 0 Å². The summed E-state index contributed by atoms with van der Waals surface area (Å²) in [6, 6.07) is 7.60. The predicted molar refractivity (Wildman–Crippen MR) is 82.9 cm³/mol. The lowest BCUT2D eigenvalue weighted by Gasteiger charge is -2.21. The van der Waals surface area contributed by atoms with Crippen molar-refractivity contribution in [2.75, 3.05) is 12.4 Å². The van der Waals surface area contributed by atoms with Crippen LogP contribution in [0.15, 0.2) is 34.9 Å². The molecule has 0 bridgehead atoms. The van der Waals surface area contributed by atoms with E-state index in [9.17, 15) is 4.79 Å². The van der Waals surface area contributed by atoms with E-state index >= 15 is 0 Å². The standard InChI is InChI=1S/C17H20N2O3/c1-11(21-2)13-7-4-8-14(9-13)18-16(20)15-10-22-17(19-15)12-5-3-6-12/h4,7-12H,3,5-6H2,1-2H3,(H,18,20). The topological polar surface area (TPSA) is 64.4 Å². The summed E-state index contributed by atoms with van der Waals surface area (Å²) < 4.78 is 10.7. The summed E-state index contributed by atoms with van der Waals surface area (Å²) in [6.07, 6.45) is 4.81. The molecule has 2 aromatic rings. The van der Waals surface area contributed by atoms with E-state index in [1.807, 2.05) is 31.2 Å². The lowest BCUT2D eigenvalue weighted by molar-refractivity contribution is 0.102. The molecule has 0 saturated heterocycles. The molecule has 3 rings (SSSR count). The Hall–Kier alpha value is -2.14. The van der Waals surface area contributed by atoms with Crippen LogP contribution in [0.1, 0.15) is 60.2 Å². The number of aromatic nitrogens is 1. The highest BCUT2D eigenvalue weighted by atomic mass is 16.5. The second kappa shape index (κ2) is 6.32. The van der Waals surface area contributed by atoms with E-state index in [1.165, 1.54) is 12.7 Å². The third-order valence-corrected chi connectivity index (χ3v) is 4.18. The molecule has 1 fully saturated rings. The molecule has 0 radical (unpaired) electrons. The first-order chi connectivity index (χ1) is 10.7. The van der Waals surface area contributed by atoms with Gasteiger partial charge in [0, 0.05) is 18.7 Å². The van der Waals surface area contributed by atoms with Crippen LogP contribution in [0.2, 0.25) is 0 Å². The number of rotatable bonds is 5. The number of methoxy groups -OCH3 is 1. The van der Waals surface area contributed by atoms with E-state index in [2.05, 4.69) is 10.3 Å². The van der Waals surface area contributed by atoms with Crippen LogP contribution >= 0.6 is 0 Å². The Morgan fingerprint density at radius 2 is 2.27 bits per heavy atom. The van der Waals surface area contributed by atoms with Crippen molar-refractivity contribution in [3.05, 3.63) is 47.7 Å². The summed E-state index contributed by atoms with van der Waals surface area (Å²) in [7, 11) is 1.66. The molecule has 1 heterocycles. The van der Waals surface area contributed by atoms with E-state index < -0.39 is 0 Å². The molecule has 116 valence electrons. The van der Waals surface area contributed by atoms with Gasteiger partial charge in [0.05, 0.1) is 6.10 Å². The third-order valence-electron chi connectivity index (χ3n) is 4.18. The minimum absolute atomic E-state index is 0.0193. The van der Waals surface area contributed by atoms with Crippen LogP contribution in [-0.2, 0) is 4.74 Å². The van der Waals surface area contributed by atoms with Crippen molar-refractivity contribution in [3.63, 3.8) is 0 Å². The highest BCUT2D eigenvalue weighted by molar-refractivity contribution is 6.02. The molecular formula is C17H20N2O3. The molecule has 1 amide bonds. The maximum atomic E-state index is 12.2. The van der Waals surface area contributed by atoms with Gasteiger partial charge in [-0.3, -0.25) is 4.79 Å². The molecule has 1 aromatic carbocycles. The van der Waals surface area contributed by atoms with Gasteiger partial charge in [-0.05, 0) is 37.5 Å². The largest absolute Gasteiger partial charge is 0.448 e. The van der Waals surface area contributed by atoms with Gasteiger partial charge in [0.1, 0.15) is 6.26 Å². The van der Waals surface area contributed by atoms with Gasteiger partial charge >= 0.3 is 0 Å². The molecule has 1 atom stereocenters. The fraction of sp³-hybridized carbons (Fsp3) is 0.412. The van der Waals surface area contributed by atoms with E-state index in [1.54, 1.807) is 7.11 Å². The molecule has 0 spiro atoms. The number of oxazole rings is 1. The second-order valence-corrected chi connectivity index (χ2v) is 5.66. The predicted octanol–water partition coefficient (Wildman–Crippen LogP) is 3.90. The van der Waals surface area contributed by atoms with Crippen LogP contribution in [0, 0.1) is 0 Å². The summed E-state index contributed by atoms with van der Waals surface area (Å²) in [5.74, 6) is 0.808.